The number of hydrogen-bond donors (Lipinski definition) is 2. The van der Waals surface area contributed by atoms with Crippen molar-refractivity contribution in [3.8, 4) is 5.75 Å². The van der Waals surface area contributed by atoms with Gasteiger partial charge in [0.1, 0.15) is 11.4 Å². The zero-order valence-corrected chi connectivity index (χ0v) is 17.3. The number of amides is 1. The lowest BCUT2D eigenvalue weighted by atomic mass is 10.2. The molecule has 0 radical (unpaired) electrons. The molecular formula is C17H14ClN5O4S2. The first kappa shape index (κ1) is 20.8. The molecule has 0 bridgehead atoms. The second-order valence-electron chi connectivity index (χ2n) is 5.49. The van der Waals surface area contributed by atoms with Crippen molar-refractivity contribution in [2.75, 3.05) is 23.5 Å². The fourth-order valence-corrected chi connectivity index (χ4v) is 3.96. The molecule has 12 heteroatoms. The Hall–Kier alpha value is -2.89. The second-order valence-corrected chi connectivity index (χ2v) is 8.12. The predicted molar refractivity (Wildman–Crippen MR) is 114 cm³/mol. The van der Waals surface area contributed by atoms with Crippen LogP contribution in [-0.4, -0.2) is 33.9 Å². The molecule has 1 aromatic heterocycles. The van der Waals surface area contributed by atoms with Gasteiger partial charge in [-0.2, -0.15) is 0 Å². The third kappa shape index (κ3) is 5.79. The molecule has 1 heterocycles. The van der Waals surface area contributed by atoms with E-state index >= 15 is 0 Å². The Kier molecular flexibility index (Phi) is 6.86. The zero-order valence-electron chi connectivity index (χ0n) is 14.9. The van der Waals surface area contributed by atoms with Gasteiger partial charge in [0, 0.05) is 22.8 Å². The summed E-state index contributed by atoms with van der Waals surface area (Å²) in [6, 6.07) is 11.4. The van der Waals surface area contributed by atoms with E-state index in [-0.39, 0.29) is 22.2 Å². The van der Waals surface area contributed by atoms with Crippen molar-refractivity contribution in [1.82, 2.24) is 10.2 Å². The molecule has 0 aliphatic heterocycles. The molecule has 150 valence electrons. The molecule has 3 aromatic rings. The Bertz CT molecular complexity index is 1050. The normalized spacial score (nSPS) is 10.4. The molecule has 3 rings (SSSR count). The highest BCUT2D eigenvalue weighted by Gasteiger charge is 2.17. The van der Waals surface area contributed by atoms with E-state index in [2.05, 4.69) is 20.8 Å². The summed E-state index contributed by atoms with van der Waals surface area (Å²) in [5.41, 5.74) is 0.615. The van der Waals surface area contributed by atoms with Crippen molar-refractivity contribution in [2.24, 2.45) is 0 Å². The Labute approximate surface area is 178 Å². The average Bonchev–Trinajstić information content (AvgIpc) is 3.15. The summed E-state index contributed by atoms with van der Waals surface area (Å²) in [4.78, 5) is 22.6. The molecule has 0 saturated heterocycles. The largest absolute Gasteiger partial charge is 0.497 e. The fourth-order valence-electron chi connectivity index (χ4n) is 2.22. The SMILES string of the molecule is COc1cccc(Nc2nnc(SCC(=O)Nc3ccc(Cl)cc3[N+](=O)[O-])s2)c1. The summed E-state index contributed by atoms with van der Waals surface area (Å²) in [6.07, 6.45) is 0. The summed E-state index contributed by atoms with van der Waals surface area (Å²) in [7, 11) is 1.59. The quantitative estimate of drug-likeness (QED) is 0.290. The van der Waals surface area contributed by atoms with Gasteiger partial charge in [-0.3, -0.25) is 14.9 Å². The number of nitrogens with zero attached hydrogens (tertiary/aromatic N) is 3. The number of nitrogens with one attached hydrogen (secondary N) is 2. The monoisotopic (exact) mass is 451 g/mol. The van der Waals surface area contributed by atoms with Crippen LogP contribution in [0.15, 0.2) is 46.8 Å². The van der Waals surface area contributed by atoms with Crippen molar-refractivity contribution in [1.29, 1.82) is 0 Å². The van der Waals surface area contributed by atoms with Crippen molar-refractivity contribution in [3.63, 3.8) is 0 Å². The number of aromatic nitrogens is 2. The van der Waals surface area contributed by atoms with E-state index in [9.17, 15) is 14.9 Å². The number of anilines is 3. The Morgan fingerprint density at radius 2 is 2.14 bits per heavy atom. The van der Waals surface area contributed by atoms with E-state index in [0.29, 0.717) is 15.2 Å². The molecule has 2 aromatic carbocycles. The van der Waals surface area contributed by atoms with Gasteiger partial charge in [-0.05, 0) is 24.3 Å². The Morgan fingerprint density at radius 1 is 1.31 bits per heavy atom. The molecule has 0 aliphatic rings. The topological polar surface area (TPSA) is 119 Å². The van der Waals surface area contributed by atoms with Crippen LogP contribution < -0.4 is 15.4 Å². The van der Waals surface area contributed by atoms with Crippen LogP contribution in [0.1, 0.15) is 0 Å². The number of hydrogen-bond acceptors (Lipinski definition) is 9. The molecule has 0 saturated carbocycles. The highest BCUT2D eigenvalue weighted by atomic mass is 35.5. The van der Waals surface area contributed by atoms with Crippen molar-refractivity contribution in [2.45, 2.75) is 4.34 Å². The van der Waals surface area contributed by atoms with Crippen molar-refractivity contribution < 1.29 is 14.5 Å². The minimum Gasteiger partial charge on any atom is -0.497 e. The van der Waals surface area contributed by atoms with Crippen molar-refractivity contribution in [3.05, 3.63) is 57.6 Å². The lowest BCUT2D eigenvalue weighted by Gasteiger charge is -2.05. The Morgan fingerprint density at radius 3 is 2.90 bits per heavy atom. The molecule has 29 heavy (non-hydrogen) atoms. The number of methoxy groups -OCH3 is 1. The average molecular weight is 452 g/mol. The van der Waals surface area contributed by atoms with Crippen LogP contribution in [0.5, 0.6) is 5.75 Å². The van der Waals surface area contributed by atoms with E-state index in [4.69, 9.17) is 16.3 Å². The molecule has 0 aliphatic carbocycles. The molecule has 1 amide bonds. The highest BCUT2D eigenvalue weighted by Crippen LogP contribution is 2.30. The number of nitro benzene ring substituents is 1. The molecule has 2 N–H and O–H groups in total. The van der Waals surface area contributed by atoms with Crippen LogP contribution in [0.25, 0.3) is 0 Å². The highest BCUT2D eigenvalue weighted by molar-refractivity contribution is 8.01. The van der Waals surface area contributed by atoms with Gasteiger partial charge in [0.25, 0.3) is 5.69 Å². The molecule has 0 atom stereocenters. The molecular weight excluding hydrogens is 438 g/mol. The van der Waals surface area contributed by atoms with Crippen LogP contribution in [0.3, 0.4) is 0 Å². The van der Waals surface area contributed by atoms with Crippen molar-refractivity contribution >= 4 is 62.8 Å². The van der Waals surface area contributed by atoms with E-state index in [1.807, 2.05) is 24.3 Å². The number of halogens is 1. The standard InChI is InChI=1S/C17H14ClN5O4S2/c1-27-12-4-2-3-11(8-12)19-16-21-22-17(29-16)28-9-15(24)20-13-6-5-10(18)7-14(13)23(25)26/h2-8H,9H2,1H3,(H,19,21)(H,20,24). The van der Waals surface area contributed by atoms with Gasteiger partial charge >= 0.3 is 0 Å². The summed E-state index contributed by atoms with van der Waals surface area (Å²) >= 11 is 8.23. The molecule has 9 nitrogen and oxygen atoms in total. The number of rotatable bonds is 8. The summed E-state index contributed by atoms with van der Waals surface area (Å²) in [6.45, 7) is 0. The van der Waals surface area contributed by atoms with Gasteiger partial charge in [-0.25, -0.2) is 0 Å². The zero-order chi connectivity index (χ0) is 20.8. The van der Waals surface area contributed by atoms with E-state index in [1.54, 1.807) is 7.11 Å². The van der Waals surface area contributed by atoms with Gasteiger partial charge in [0.05, 0.1) is 17.8 Å². The van der Waals surface area contributed by atoms with Crippen LogP contribution in [0.2, 0.25) is 5.02 Å². The molecule has 0 unspecified atom stereocenters. The Balaban J connectivity index is 1.57. The minimum absolute atomic E-state index is 0.0214. The summed E-state index contributed by atoms with van der Waals surface area (Å²) < 4.78 is 5.75. The summed E-state index contributed by atoms with van der Waals surface area (Å²) in [5.74, 6) is 0.327. The van der Waals surface area contributed by atoms with Crippen LogP contribution in [0, 0.1) is 10.1 Å². The maximum Gasteiger partial charge on any atom is 0.294 e. The molecule has 0 spiro atoms. The van der Waals surface area contributed by atoms with E-state index < -0.39 is 10.8 Å². The lowest BCUT2D eigenvalue weighted by Crippen LogP contribution is -2.15. The van der Waals surface area contributed by atoms with Gasteiger partial charge in [-0.1, -0.05) is 40.8 Å². The number of carbonyl (C=O) groups is 1. The number of carbonyl (C=O) groups excluding carboxylic acids is 1. The van der Waals surface area contributed by atoms with Gasteiger partial charge in [-0.15, -0.1) is 10.2 Å². The first-order chi connectivity index (χ1) is 13.9. The van der Waals surface area contributed by atoms with Gasteiger partial charge in [0.2, 0.25) is 11.0 Å². The fraction of sp³-hybridized carbons (Fsp3) is 0.118. The van der Waals surface area contributed by atoms with Crippen LogP contribution in [0.4, 0.5) is 22.2 Å². The number of ether oxygens (including phenoxy) is 1. The van der Waals surface area contributed by atoms with Crippen LogP contribution in [-0.2, 0) is 4.79 Å². The first-order valence-corrected chi connectivity index (χ1v) is 10.2. The number of thioether (sulfide) groups is 1. The minimum atomic E-state index is -0.601. The molecule has 0 fully saturated rings. The van der Waals surface area contributed by atoms with E-state index in [1.165, 1.54) is 41.3 Å². The smallest absolute Gasteiger partial charge is 0.294 e. The van der Waals surface area contributed by atoms with Crippen LogP contribution >= 0.6 is 34.7 Å². The van der Waals surface area contributed by atoms with Gasteiger partial charge in [0.15, 0.2) is 4.34 Å². The van der Waals surface area contributed by atoms with E-state index in [0.717, 1.165) is 5.69 Å². The number of nitro groups is 1. The number of benzene rings is 2. The second kappa shape index (κ2) is 9.54. The van der Waals surface area contributed by atoms with Gasteiger partial charge < -0.3 is 15.4 Å². The first-order valence-electron chi connectivity index (χ1n) is 8.06. The third-order valence-corrected chi connectivity index (χ3v) is 5.69. The predicted octanol–water partition coefficient (Wildman–Crippen LogP) is 4.58. The lowest BCUT2D eigenvalue weighted by molar-refractivity contribution is -0.383. The third-order valence-electron chi connectivity index (χ3n) is 3.48. The maximum absolute atomic E-state index is 12.2. The maximum atomic E-state index is 12.2. The summed E-state index contributed by atoms with van der Waals surface area (Å²) in [5, 5.41) is 25.6.